The highest BCUT2D eigenvalue weighted by Gasteiger charge is 2.18. The van der Waals surface area contributed by atoms with E-state index in [1.807, 2.05) is 42.5 Å². The Morgan fingerprint density at radius 2 is 1.75 bits per heavy atom. The Morgan fingerprint density at radius 3 is 2.46 bits per heavy atom. The number of nitrogens with one attached hydrogen (secondary N) is 1. The van der Waals surface area contributed by atoms with Crippen molar-refractivity contribution in [1.29, 1.82) is 0 Å². The van der Waals surface area contributed by atoms with Crippen molar-refractivity contribution in [1.82, 2.24) is 20.2 Å². The van der Waals surface area contributed by atoms with Crippen LogP contribution in [0.15, 0.2) is 59.3 Å². The summed E-state index contributed by atoms with van der Waals surface area (Å²) in [5.41, 5.74) is 1.22. The molecule has 4 rings (SSSR count). The molecule has 1 unspecified atom stereocenters. The van der Waals surface area contributed by atoms with Crippen molar-refractivity contribution in [2.45, 2.75) is 12.5 Å². The van der Waals surface area contributed by atoms with Gasteiger partial charge in [-0.25, -0.2) is 9.97 Å². The molecular formula is C19H15F2N5O2. The smallest absolute Gasteiger partial charge is 0.314 e. The number of nitrogens with zero attached hydrogens (tertiary/aromatic N) is 4. The molecule has 28 heavy (non-hydrogen) atoms. The van der Waals surface area contributed by atoms with Crippen LogP contribution in [0.25, 0.3) is 22.2 Å². The fraction of sp³-hybridized carbons (Fsp3) is 0.158. The van der Waals surface area contributed by atoms with E-state index < -0.39 is 18.4 Å². The second-order valence-corrected chi connectivity index (χ2v) is 5.99. The first-order valence-electron chi connectivity index (χ1n) is 8.44. The molecule has 2 aromatic carbocycles. The second kappa shape index (κ2) is 7.65. The number of aromatic nitrogens is 4. The van der Waals surface area contributed by atoms with Gasteiger partial charge in [0.25, 0.3) is 11.8 Å². The quantitative estimate of drug-likeness (QED) is 0.523. The largest absolute Gasteiger partial charge is 0.415 e. The van der Waals surface area contributed by atoms with Gasteiger partial charge in [0.15, 0.2) is 0 Å². The van der Waals surface area contributed by atoms with Crippen LogP contribution in [0.4, 0.5) is 14.7 Å². The summed E-state index contributed by atoms with van der Waals surface area (Å²) >= 11 is 0. The number of anilines is 1. The SMILES string of the molecule is OCC(Nc1ncc(-c2nnc(C(F)F)o2)cn1)c1cccc2ccccc12. The van der Waals surface area contributed by atoms with E-state index in [1.165, 1.54) is 12.4 Å². The van der Waals surface area contributed by atoms with Gasteiger partial charge in [0.05, 0.1) is 18.2 Å². The lowest BCUT2D eigenvalue weighted by atomic mass is 9.99. The summed E-state index contributed by atoms with van der Waals surface area (Å²) in [6.07, 6.45) is -0.0697. The van der Waals surface area contributed by atoms with Gasteiger partial charge in [0.1, 0.15) is 0 Å². The maximum absolute atomic E-state index is 12.6. The van der Waals surface area contributed by atoms with Gasteiger partial charge in [-0.1, -0.05) is 42.5 Å². The lowest BCUT2D eigenvalue weighted by Gasteiger charge is -2.18. The van der Waals surface area contributed by atoms with E-state index in [-0.39, 0.29) is 18.4 Å². The van der Waals surface area contributed by atoms with E-state index in [1.54, 1.807) is 0 Å². The van der Waals surface area contributed by atoms with Crippen LogP contribution in [0.1, 0.15) is 23.9 Å². The molecular weight excluding hydrogens is 368 g/mol. The van der Waals surface area contributed by atoms with Crippen LogP contribution < -0.4 is 5.32 Å². The molecule has 4 aromatic rings. The Kier molecular flexibility index (Phi) is 4.90. The molecule has 2 N–H and O–H groups in total. The van der Waals surface area contributed by atoms with Crippen LogP contribution in [-0.2, 0) is 0 Å². The third-order valence-corrected chi connectivity index (χ3v) is 4.21. The number of alkyl halides is 2. The van der Waals surface area contributed by atoms with Gasteiger partial charge in [0, 0.05) is 12.4 Å². The minimum atomic E-state index is -2.84. The highest BCUT2D eigenvalue weighted by atomic mass is 19.3. The molecule has 0 amide bonds. The molecule has 1 atom stereocenters. The zero-order valence-electron chi connectivity index (χ0n) is 14.5. The van der Waals surface area contributed by atoms with Crippen molar-refractivity contribution in [3.63, 3.8) is 0 Å². The molecule has 9 heteroatoms. The highest BCUT2D eigenvalue weighted by molar-refractivity contribution is 5.86. The van der Waals surface area contributed by atoms with E-state index in [9.17, 15) is 13.9 Å². The van der Waals surface area contributed by atoms with E-state index in [0.717, 1.165) is 16.3 Å². The van der Waals surface area contributed by atoms with Crippen LogP contribution in [0.2, 0.25) is 0 Å². The van der Waals surface area contributed by atoms with Crippen LogP contribution in [0.5, 0.6) is 0 Å². The Labute approximate surface area is 158 Å². The molecule has 0 fully saturated rings. The molecule has 0 saturated heterocycles. The van der Waals surface area contributed by atoms with Crippen LogP contribution >= 0.6 is 0 Å². The van der Waals surface area contributed by atoms with Crippen LogP contribution in [-0.4, -0.2) is 31.9 Å². The number of hydrogen-bond acceptors (Lipinski definition) is 7. The van der Waals surface area contributed by atoms with Gasteiger partial charge in [0.2, 0.25) is 5.95 Å². The van der Waals surface area contributed by atoms with E-state index >= 15 is 0 Å². The summed E-state index contributed by atoms with van der Waals surface area (Å²) in [6, 6.07) is 13.3. The zero-order chi connectivity index (χ0) is 19.5. The second-order valence-electron chi connectivity index (χ2n) is 5.99. The predicted octanol–water partition coefficient (Wildman–Crippen LogP) is 3.76. The number of aliphatic hydroxyl groups excluding tert-OH is 1. The fourth-order valence-electron chi connectivity index (χ4n) is 2.88. The van der Waals surface area contributed by atoms with Crippen molar-refractivity contribution in [3.8, 4) is 11.5 Å². The molecule has 0 aliphatic carbocycles. The minimum absolute atomic E-state index is 0.0883. The Balaban J connectivity index is 1.57. The summed E-state index contributed by atoms with van der Waals surface area (Å²) in [5.74, 6) is -0.576. The fourth-order valence-corrected chi connectivity index (χ4v) is 2.88. The number of fused-ring (bicyclic) bond motifs is 1. The van der Waals surface area contributed by atoms with Crippen molar-refractivity contribution in [2.24, 2.45) is 0 Å². The molecule has 0 saturated carbocycles. The zero-order valence-corrected chi connectivity index (χ0v) is 14.5. The molecule has 0 spiro atoms. The van der Waals surface area contributed by atoms with Gasteiger partial charge in [-0.2, -0.15) is 8.78 Å². The number of hydrogen-bond donors (Lipinski definition) is 2. The van der Waals surface area contributed by atoms with Gasteiger partial charge in [-0.05, 0) is 16.3 Å². The first kappa shape index (κ1) is 17.9. The normalized spacial score (nSPS) is 12.4. The lowest BCUT2D eigenvalue weighted by molar-refractivity contribution is 0.116. The first-order valence-corrected chi connectivity index (χ1v) is 8.44. The van der Waals surface area contributed by atoms with Crippen molar-refractivity contribution >= 4 is 16.7 Å². The standard InChI is InChI=1S/C19H15F2N5O2/c20-16(21)18-26-25-17(28-18)12-8-22-19(23-9-12)24-15(10-27)14-7-3-5-11-4-1-2-6-13(11)14/h1-9,15-16,27H,10H2,(H,22,23,24). The molecule has 2 aromatic heterocycles. The van der Waals surface area contributed by atoms with E-state index in [0.29, 0.717) is 5.56 Å². The summed E-state index contributed by atoms with van der Waals surface area (Å²) < 4.78 is 30.0. The van der Waals surface area contributed by atoms with E-state index in [2.05, 4.69) is 25.5 Å². The lowest BCUT2D eigenvalue weighted by Crippen LogP contribution is -2.16. The maximum atomic E-state index is 12.6. The van der Waals surface area contributed by atoms with Gasteiger partial charge in [-0.15, -0.1) is 10.2 Å². The summed E-state index contributed by atoms with van der Waals surface area (Å²) in [5, 5.41) is 21.8. The molecule has 0 aliphatic rings. The third-order valence-electron chi connectivity index (χ3n) is 4.21. The van der Waals surface area contributed by atoms with E-state index in [4.69, 9.17) is 4.42 Å². The third kappa shape index (κ3) is 3.52. The molecule has 0 bridgehead atoms. The molecule has 7 nitrogen and oxygen atoms in total. The number of aliphatic hydroxyl groups is 1. The number of halogens is 2. The topological polar surface area (TPSA) is 97.0 Å². The molecule has 0 aliphatic heterocycles. The first-order chi connectivity index (χ1) is 13.7. The average Bonchev–Trinajstić information content (AvgIpc) is 3.23. The van der Waals surface area contributed by atoms with Crippen molar-refractivity contribution < 1.29 is 18.3 Å². The Bertz CT molecular complexity index is 1080. The maximum Gasteiger partial charge on any atom is 0.314 e. The minimum Gasteiger partial charge on any atom is -0.415 e. The Hall–Kier alpha value is -3.46. The number of benzene rings is 2. The summed E-state index contributed by atoms with van der Waals surface area (Å²) in [6.45, 7) is -0.166. The van der Waals surface area contributed by atoms with Crippen LogP contribution in [0, 0.1) is 0 Å². The van der Waals surface area contributed by atoms with Crippen molar-refractivity contribution in [3.05, 3.63) is 66.3 Å². The molecule has 2 heterocycles. The number of rotatable bonds is 6. The Morgan fingerprint density at radius 1 is 1.00 bits per heavy atom. The van der Waals surface area contributed by atoms with Crippen LogP contribution in [0.3, 0.4) is 0 Å². The molecule has 142 valence electrons. The summed E-state index contributed by atoms with van der Waals surface area (Å²) in [4.78, 5) is 8.31. The van der Waals surface area contributed by atoms with Gasteiger partial charge < -0.3 is 14.8 Å². The van der Waals surface area contributed by atoms with Gasteiger partial charge in [-0.3, -0.25) is 0 Å². The molecule has 0 radical (unpaired) electrons. The summed E-state index contributed by atoms with van der Waals surface area (Å²) in [7, 11) is 0. The van der Waals surface area contributed by atoms with Crippen molar-refractivity contribution in [2.75, 3.05) is 11.9 Å². The van der Waals surface area contributed by atoms with Gasteiger partial charge >= 0.3 is 6.43 Å². The monoisotopic (exact) mass is 383 g/mol. The average molecular weight is 383 g/mol. The predicted molar refractivity (Wildman–Crippen MR) is 97.7 cm³/mol. The highest BCUT2D eigenvalue weighted by Crippen LogP contribution is 2.27.